The molecule has 1 rings (SSSR count). The highest BCUT2D eigenvalue weighted by Gasteiger charge is 2.45. The topological polar surface area (TPSA) is 3.24 Å². The fourth-order valence-corrected chi connectivity index (χ4v) is 3.20. The molecule has 0 aromatic carbocycles. The van der Waals surface area contributed by atoms with E-state index in [1.54, 1.807) is 0 Å². The second kappa shape index (κ2) is 4.25. The Labute approximate surface area is 100 Å². The highest BCUT2D eigenvalue weighted by molar-refractivity contribution is 6.21. The van der Waals surface area contributed by atoms with Crippen molar-refractivity contribution in [1.29, 1.82) is 0 Å². The molecule has 0 unspecified atom stereocenters. The molecule has 0 aromatic heterocycles. The van der Waals surface area contributed by atoms with Crippen molar-refractivity contribution in [3.05, 3.63) is 0 Å². The van der Waals surface area contributed by atoms with E-state index in [1.807, 2.05) is 0 Å². The SMILES string of the molecule is CCC(C)(C)[C@@H]1[C@H](Cl)CCN1C(C)(C)C. The van der Waals surface area contributed by atoms with Gasteiger partial charge in [-0.25, -0.2) is 0 Å². The predicted octanol–water partition coefficient (Wildman–Crippen LogP) is 3.90. The van der Waals surface area contributed by atoms with Gasteiger partial charge in [0.25, 0.3) is 0 Å². The monoisotopic (exact) mass is 231 g/mol. The fourth-order valence-electron chi connectivity index (χ4n) is 2.63. The Morgan fingerprint density at radius 2 is 1.73 bits per heavy atom. The molecule has 1 saturated heterocycles. The summed E-state index contributed by atoms with van der Waals surface area (Å²) in [5.74, 6) is 0. The lowest BCUT2D eigenvalue weighted by Crippen LogP contribution is -2.52. The van der Waals surface area contributed by atoms with Crippen molar-refractivity contribution in [2.45, 2.75) is 71.3 Å². The predicted molar refractivity (Wildman–Crippen MR) is 68.6 cm³/mol. The van der Waals surface area contributed by atoms with Crippen LogP contribution in [0.5, 0.6) is 0 Å². The minimum absolute atomic E-state index is 0.237. The van der Waals surface area contributed by atoms with Crippen LogP contribution in [-0.4, -0.2) is 28.4 Å². The molecule has 0 aromatic rings. The summed E-state index contributed by atoms with van der Waals surface area (Å²) in [6.45, 7) is 15.0. The third-order valence-electron chi connectivity index (χ3n) is 3.90. The highest BCUT2D eigenvalue weighted by atomic mass is 35.5. The summed E-state index contributed by atoms with van der Waals surface area (Å²) in [7, 11) is 0. The molecule has 0 spiro atoms. The molecule has 1 aliphatic rings. The molecule has 1 fully saturated rings. The lowest BCUT2D eigenvalue weighted by Gasteiger charge is -2.45. The first-order valence-electron chi connectivity index (χ1n) is 6.11. The molecule has 0 radical (unpaired) electrons. The van der Waals surface area contributed by atoms with Crippen LogP contribution in [0.4, 0.5) is 0 Å². The summed E-state index contributed by atoms with van der Waals surface area (Å²) < 4.78 is 0. The summed E-state index contributed by atoms with van der Waals surface area (Å²) in [5, 5.41) is 0.319. The molecule has 0 saturated carbocycles. The first-order chi connectivity index (χ1) is 6.70. The van der Waals surface area contributed by atoms with Crippen molar-refractivity contribution >= 4 is 11.6 Å². The lowest BCUT2D eigenvalue weighted by atomic mass is 9.79. The van der Waals surface area contributed by atoms with Gasteiger partial charge in [-0.15, -0.1) is 11.6 Å². The Hall–Kier alpha value is 0.250. The van der Waals surface area contributed by atoms with Crippen LogP contribution < -0.4 is 0 Å². The van der Waals surface area contributed by atoms with E-state index in [1.165, 1.54) is 6.42 Å². The molecular formula is C13H26ClN. The van der Waals surface area contributed by atoms with Crippen molar-refractivity contribution in [3.63, 3.8) is 0 Å². The zero-order valence-corrected chi connectivity index (χ0v) is 11.9. The van der Waals surface area contributed by atoms with Crippen LogP contribution in [0.15, 0.2) is 0 Å². The number of likely N-dealkylation sites (tertiary alicyclic amines) is 1. The molecule has 1 heterocycles. The molecular weight excluding hydrogens is 206 g/mol. The Bertz CT molecular complexity index is 217. The van der Waals surface area contributed by atoms with Gasteiger partial charge in [0.15, 0.2) is 0 Å². The van der Waals surface area contributed by atoms with Gasteiger partial charge in [0.1, 0.15) is 0 Å². The maximum atomic E-state index is 6.50. The van der Waals surface area contributed by atoms with Crippen LogP contribution in [0.25, 0.3) is 0 Å². The van der Waals surface area contributed by atoms with Crippen molar-refractivity contribution in [3.8, 4) is 0 Å². The number of rotatable bonds is 2. The molecule has 0 N–H and O–H groups in total. The normalized spacial score (nSPS) is 29.8. The van der Waals surface area contributed by atoms with E-state index in [4.69, 9.17) is 11.6 Å². The van der Waals surface area contributed by atoms with E-state index in [9.17, 15) is 0 Å². The molecule has 0 aliphatic carbocycles. The Morgan fingerprint density at radius 3 is 2.13 bits per heavy atom. The third kappa shape index (κ3) is 2.68. The summed E-state index contributed by atoms with van der Waals surface area (Å²) in [5.41, 5.74) is 0.553. The first kappa shape index (κ1) is 13.3. The number of hydrogen-bond donors (Lipinski definition) is 0. The van der Waals surface area contributed by atoms with Crippen LogP contribution in [0.2, 0.25) is 0 Å². The van der Waals surface area contributed by atoms with Gasteiger partial charge in [0.2, 0.25) is 0 Å². The van der Waals surface area contributed by atoms with Gasteiger partial charge < -0.3 is 0 Å². The average Bonchev–Trinajstić information content (AvgIpc) is 2.47. The zero-order valence-electron chi connectivity index (χ0n) is 11.1. The Morgan fingerprint density at radius 1 is 1.20 bits per heavy atom. The second-order valence-corrected chi connectivity index (χ2v) is 7.02. The summed E-state index contributed by atoms with van der Waals surface area (Å²) >= 11 is 6.50. The van der Waals surface area contributed by atoms with E-state index < -0.39 is 0 Å². The standard InChI is InChI=1S/C13H26ClN/c1-7-13(5,6)11-10(14)8-9-15(11)12(2,3)4/h10-11H,7-9H2,1-6H3/t10-,11+/m1/s1. The van der Waals surface area contributed by atoms with Crippen molar-refractivity contribution in [2.75, 3.05) is 6.54 Å². The molecule has 1 nitrogen and oxygen atoms in total. The summed E-state index contributed by atoms with van der Waals surface area (Å²) in [6.07, 6.45) is 2.32. The van der Waals surface area contributed by atoms with Crippen LogP contribution >= 0.6 is 11.6 Å². The van der Waals surface area contributed by atoms with E-state index in [0.717, 1.165) is 13.0 Å². The van der Waals surface area contributed by atoms with Crippen molar-refractivity contribution in [1.82, 2.24) is 4.90 Å². The molecule has 1 aliphatic heterocycles. The largest absolute Gasteiger partial charge is 0.293 e. The average molecular weight is 232 g/mol. The third-order valence-corrected chi connectivity index (χ3v) is 4.35. The lowest BCUT2D eigenvalue weighted by molar-refractivity contribution is 0.0487. The molecule has 2 heteroatoms. The van der Waals surface area contributed by atoms with Gasteiger partial charge in [-0.05, 0) is 39.0 Å². The Kier molecular flexibility index (Phi) is 3.78. The number of hydrogen-bond acceptors (Lipinski definition) is 1. The van der Waals surface area contributed by atoms with Gasteiger partial charge in [-0.1, -0.05) is 20.8 Å². The zero-order chi connectivity index (χ0) is 11.9. The van der Waals surface area contributed by atoms with Gasteiger partial charge in [0.05, 0.1) is 5.38 Å². The van der Waals surface area contributed by atoms with Crippen molar-refractivity contribution < 1.29 is 0 Å². The minimum Gasteiger partial charge on any atom is -0.293 e. The fraction of sp³-hybridized carbons (Fsp3) is 1.00. The van der Waals surface area contributed by atoms with Crippen molar-refractivity contribution in [2.24, 2.45) is 5.41 Å². The number of halogens is 1. The quantitative estimate of drug-likeness (QED) is 0.652. The second-order valence-electron chi connectivity index (χ2n) is 6.46. The summed E-state index contributed by atoms with van der Waals surface area (Å²) in [6, 6.07) is 0.518. The Balaban J connectivity index is 2.92. The molecule has 0 amide bonds. The smallest absolute Gasteiger partial charge is 0.0509 e. The van der Waals surface area contributed by atoms with Gasteiger partial charge >= 0.3 is 0 Å². The summed E-state index contributed by atoms with van der Waals surface area (Å²) in [4.78, 5) is 2.59. The highest BCUT2D eigenvalue weighted by Crippen LogP contribution is 2.41. The van der Waals surface area contributed by atoms with Crippen LogP contribution in [0.1, 0.15) is 54.4 Å². The number of alkyl halides is 1. The molecule has 2 atom stereocenters. The maximum absolute atomic E-state index is 6.50. The molecule has 0 bridgehead atoms. The van der Waals surface area contributed by atoms with Crippen LogP contribution in [0.3, 0.4) is 0 Å². The van der Waals surface area contributed by atoms with Gasteiger partial charge in [-0.3, -0.25) is 4.90 Å². The number of nitrogens with zero attached hydrogens (tertiary/aromatic N) is 1. The molecule has 90 valence electrons. The maximum Gasteiger partial charge on any atom is 0.0509 e. The molecule has 15 heavy (non-hydrogen) atoms. The van der Waals surface area contributed by atoms with E-state index in [-0.39, 0.29) is 5.54 Å². The van der Waals surface area contributed by atoms with E-state index in [0.29, 0.717) is 16.8 Å². The van der Waals surface area contributed by atoms with Gasteiger partial charge in [-0.2, -0.15) is 0 Å². The van der Waals surface area contributed by atoms with Gasteiger partial charge in [0, 0.05) is 18.1 Å². The first-order valence-corrected chi connectivity index (χ1v) is 6.54. The van der Waals surface area contributed by atoms with E-state index >= 15 is 0 Å². The van der Waals surface area contributed by atoms with E-state index in [2.05, 4.69) is 46.4 Å². The van der Waals surface area contributed by atoms with Crippen LogP contribution in [0, 0.1) is 5.41 Å². The minimum atomic E-state index is 0.237. The van der Waals surface area contributed by atoms with Crippen LogP contribution in [-0.2, 0) is 0 Å².